The summed E-state index contributed by atoms with van der Waals surface area (Å²) in [4.78, 5) is 21.0. The predicted octanol–water partition coefficient (Wildman–Crippen LogP) is -0.0748. The molecule has 0 aliphatic carbocycles. The van der Waals surface area contributed by atoms with E-state index in [1.165, 1.54) is 10.8 Å². The van der Waals surface area contributed by atoms with Crippen molar-refractivity contribution < 1.29 is 30.0 Å². The van der Waals surface area contributed by atoms with E-state index in [-0.39, 0.29) is 11.1 Å². The van der Waals surface area contributed by atoms with Crippen LogP contribution in [0.4, 0.5) is 0 Å². The summed E-state index contributed by atoms with van der Waals surface area (Å²) in [7, 11) is 0. The highest BCUT2D eigenvalue weighted by molar-refractivity contribution is 7.08. The Morgan fingerprint density at radius 3 is 2.27 bits per heavy atom. The molecule has 0 aliphatic heterocycles. The largest absolute Gasteiger partial charge is 0.479 e. The molecule has 0 fully saturated rings. The monoisotopic (exact) mass is 232 g/mol. The highest BCUT2D eigenvalue weighted by Gasteiger charge is 2.29. The molecule has 0 aliphatic rings. The highest BCUT2D eigenvalue weighted by atomic mass is 32.1. The Labute approximate surface area is 88.0 Å². The van der Waals surface area contributed by atoms with Crippen molar-refractivity contribution in [2.75, 3.05) is 0 Å². The van der Waals surface area contributed by atoms with E-state index in [1.54, 1.807) is 0 Å². The van der Waals surface area contributed by atoms with Gasteiger partial charge in [-0.2, -0.15) is 11.3 Å². The number of rotatable bonds is 4. The molecule has 15 heavy (non-hydrogen) atoms. The lowest BCUT2D eigenvalue weighted by Crippen LogP contribution is -2.28. The van der Waals surface area contributed by atoms with E-state index in [4.69, 9.17) is 15.3 Å². The highest BCUT2D eigenvalue weighted by Crippen LogP contribution is 2.25. The molecule has 0 spiro atoms. The van der Waals surface area contributed by atoms with Crippen LogP contribution in [0.3, 0.4) is 0 Å². The molecule has 7 heteroatoms. The number of aliphatic hydroxyl groups excluding tert-OH is 2. The molecule has 2 atom stereocenters. The number of aliphatic hydroxyl groups is 2. The molecule has 0 amide bonds. The van der Waals surface area contributed by atoms with E-state index in [2.05, 4.69) is 0 Å². The number of hydrogen-bond acceptors (Lipinski definition) is 5. The first-order valence-electron chi connectivity index (χ1n) is 3.83. The van der Waals surface area contributed by atoms with Gasteiger partial charge in [-0.25, -0.2) is 9.59 Å². The Kier molecular flexibility index (Phi) is 3.40. The van der Waals surface area contributed by atoms with Gasteiger partial charge < -0.3 is 20.4 Å². The van der Waals surface area contributed by atoms with Crippen LogP contribution in [0.25, 0.3) is 0 Å². The second-order valence-electron chi connectivity index (χ2n) is 2.77. The first kappa shape index (κ1) is 11.6. The third-order valence-electron chi connectivity index (χ3n) is 1.79. The molecule has 0 saturated heterocycles. The zero-order chi connectivity index (χ0) is 11.6. The van der Waals surface area contributed by atoms with Crippen LogP contribution in [0.1, 0.15) is 22.0 Å². The summed E-state index contributed by atoms with van der Waals surface area (Å²) < 4.78 is 0. The van der Waals surface area contributed by atoms with Crippen molar-refractivity contribution >= 4 is 23.3 Å². The minimum Gasteiger partial charge on any atom is -0.479 e. The van der Waals surface area contributed by atoms with Gasteiger partial charge in [0.05, 0.1) is 5.56 Å². The van der Waals surface area contributed by atoms with Gasteiger partial charge in [0.1, 0.15) is 6.10 Å². The van der Waals surface area contributed by atoms with E-state index < -0.39 is 24.1 Å². The summed E-state index contributed by atoms with van der Waals surface area (Å²) in [5, 5.41) is 38.1. The Morgan fingerprint density at radius 1 is 1.20 bits per heavy atom. The molecule has 1 rings (SSSR count). The topological polar surface area (TPSA) is 115 Å². The molecule has 6 nitrogen and oxygen atoms in total. The van der Waals surface area contributed by atoms with Gasteiger partial charge in [-0.05, 0) is 5.38 Å². The summed E-state index contributed by atoms with van der Waals surface area (Å²) >= 11 is 1.01. The molecule has 0 aromatic carbocycles. The lowest BCUT2D eigenvalue weighted by molar-refractivity contribution is -0.153. The van der Waals surface area contributed by atoms with Gasteiger partial charge in [0, 0.05) is 10.9 Å². The SMILES string of the molecule is O=C(O)c1cscc1C(O)C(O)C(=O)O. The summed E-state index contributed by atoms with van der Waals surface area (Å²) in [5.41, 5.74) is -0.296. The van der Waals surface area contributed by atoms with E-state index in [9.17, 15) is 14.7 Å². The molecule has 1 aromatic heterocycles. The Bertz CT molecular complexity index is 384. The van der Waals surface area contributed by atoms with Crippen LogP contribution in [0, 0.1) is 0 Å². The van der Waals surface area contributed by atoms with E-state index in [0.29, 0.717) is 0 Å². The van der Waals surface area contributed by atoms with Crippen molar-refractivity contribution in [1.82, 2.24) is 0 Å². The second-order valence-corrected chi connectivity index (χ2v) is 3.52. The number of aliphatic carboxylic acids is 1. The van der Waals surface area contributed by atoms with Crippen molar-refractivity contribution in [2.45, 2.75) is 12.2 Å². The van der Waals surface area contributed by atoms with Crippen molar-refractivity contribution in [3.63, 3.8) is 0 Å². The summed E-state index contributed by atoms with van der Waals surface area (Å²) in [6.45, 7) is 0. The van der Waals surface area contributed by atoms with Crippen LogP contribution in [0.15, 0.2) is 10.8 Å². The molecule has 0 saturated carbocycles. The first-order valence-corrected chi connectivity index (χ1v) is 4.77. The average Bonchev–Trinajstić information content (AvgIpc) is 2.63. The Balaban J connectivity index is 3.00. The summed E-state index contributed by atoms with van der Waals surface area (Å²) in [6, 6.07) is 0. The van der Waals surface area contributed by atoms with Crippen molar-refractivity contribution in [3.05, 3.63) is 21.9 Å². The van der Waals surface area contributed by atoms with Gasteiger partial charge in [-0.15, -0.1) is 0 Å². The second kappa shape index (κ2) is 4.39. The predicted molar refractivity (Wildman–Crippen MR) is 49.9 cm³/mol. The number of carboxylic acid groups (broad SMARTS) is 2. The first-order chi connectivity index (χ1) is 6.95. The molecule has 2 unspecified atom stereocenters. The lowest BCUT2D eigenvalue weighted by Gasteiger charge is -2.13. The fourth-order valence-electron chi connectivity index (χ4n) is 1.01. The van der Waals surface area contributed by atoms with Crippen LogP contribution in [-0.2, 0) is 4.79 Å². The molecular formula is C8H8O6S. The van der Waals surface area contributed by atoms with Gasteiger partial charge >= 0.3 is 11.9 Å². The van der Waals surface area contributed by atoms with Crippen LogP contribution in [0.5, 0.6) is 0 Å². The molecular weight excluding hydrogens is 224 g/mol. The number of thiophene rings is 1. The molecule has 1 heterocycles. The van der Waals surface area contributed by atoms with Crippen molar-refractivity contribution in [2.24, 2.45) is 0 Å². The number of carboxylic acids is 2. The van der Waals surface area contributed by atoms with Gasteiger partial charge in [-0.3, -0.25) is 0 Å². The van der Waals surface area contributed by atoms with Crippen LogP contribution >= 0.6 is 11.3 Å². The smallest absolute Gasteiger partial charge is 0.336 e. The van der Waals surface area contributed by atoms with E-state index in [0.717, 1.165) is 11.3 Å². The third-order valence-corrected chi connectivity index (χ3v) is 2.55. The number of hydrogen-bond donors (Lipinski definition) is 4. The van der Waals surface area contributed by atoms with Gasteiger partial charge in [0.15, 0.2) is 6.10 Å². The zero-order valence-electron chi connectivity index (χ0n) is 7.32. The quantitative estimate of drug-likeness (QED) is 0.577. The maximum Gasteiger partial charge on any atom is 0.336 e. The summed E-state index contributed by atoms with van der Waals surface area (Å²) in [6.07, 6.45) is -3.77. The standard InChI is InChI=1S/C8H8O6S/c9-5(6(10)8(13)14)3-1-15-2-4(3)7(11)12/h1-2,5-6,9-10H,(H,11,12)(H,13,14). The lowest BCUT2D eigenvalue weighted by atomic mass is 10.0. The van der Waals surface area contributed by atoms with Crippen molar-refractivity contribution in [3.8, 4) is 0 Å². The molecule has 0 bridgehead atoms. The van der Waals surface area contributed by atoms with Crippen LogP contribution < -0.4 is 0 Å². The minimum absolute atomic E-state index is 0.0950. The summed E-state index contributed by atoms with van der Waals surface area (Å²) in [5.74, 6) is -2.88. The van der Waals surface area contributed by atoms with Gasteiger partial charge in [-0.1, -0.05) is 0 Å². The Morgan fingerprint density at radius 2 is 1.80 bits per heavy atom. The van der Waals surface area contributed by atoms with E-state index in [1.807, 2.05) is 0 Å². The van der Waals surface area contributed by atoms with E-state index >= 15 is 0 Å². The molecule has 82 valence electrons. The molecule has 0 radical (unpaired) electrons. The average molecular weight is 232 g/mol. The van der Waals surface area contributed by atoms with Crippen LogP contribution in [0.2, 0.25) is 0 Å². The van der Waals surface area contributed by atoms with Crippen LogP contribution in [-0.4, -0.2) is 38.5 Å². The van der Waals surface area contributed by atoms with Crippen molar-refractivity contribution in [1.29, 1.82) is 0 Å². The molecule has 4 N–H and O–H groups in total. The minimum atomic E-state index is -2.03. The third kappa shape index (κ3) is 2.32. The van der Waals surface area contributed by atoms with Gasteiger partial charge in [0.25, 0.3) is 0 Å². The fraction of sp³-hybridized carbons (Fsp3) is 0.250. The maximum absolute atomic E-state index is 10.6. The maximum atomic E-state index is 10.6. The molecule has 1 aromatic rings. The number of aromatic carboxylic acids is 1. The Hall–Kier alpha value is -1.44. The fourth-order valence-corrected chi connectivity index (χ4v) is 1.87. The zero-order valence-corrected chi connectivity index (χ0v) is 8.14. The van der Waals surface area contributed by atoms with Gasteiger partial charge in [0.2, 0.25) is 0 Å². The number of carbonyl (C=O) groups is 2. The normalized spacial score (nSPS) is 14.5.